The minimum atomic E-state index is 0.942. The molecule has 3 heteroatoms. The first-order valence-electron chi connectivity index (χ1n) is 6.26. The van der Waals surface area contributed by atoms with Crippen molar-refractivity contribution in [3.8, 4) is 5.69 Å². The van der Waals surface area contributed by atoms with Crippen LogP contribution in [0.3, 0.4) is 0 Å². The van der Waals surface area contributed by atoms with Gasteiger partial charge in [-0.05, 0) is 24.5 Å². The molecule has 0 amide bonds. The lowest BCUT2D eigenvalue weighted by Gasteiger charge is -2.09. The molecule has 3 rings (SSSR count). The van der Waals surface area contributed by atoms with Crippen molar-refractivity contribution < 1.29 is 0 Å². The number of aromatic nitrogens is 2. The number of imidazole rings is 1. The Morgan fingerprint density at radius 2 is 2.06 bits per heavy atom. The average molecular weight is 227 g/mol. The van der Waals surface area contributed by atoms with Crippen molar-refractivity contribution in [2.24, 2.45) is 5.92 Å². The van der Waals surface area contributed by atoms with Gasteiger partial charge in [-0.15, -0.1) is 0 Å². The normalized spacial score (nSPS) is 14.8. The molecule has 0 spiro atoms. The van der Waals surface area contributed by atoms with Crippen LogP contribution in [0.2, 0.25) is 0 Å². The lowest BCUT2D eigenvalue weighted by molar-refractivity contribution is 0.754. The predicted octanol–water partition coefficient (Wildman–Crippen LogP) is 3.08. The molecule has 1 aliphatic carbocycles. The first kappa shape index (κ1) is 10.4. The molecule has 1 heterocycles. The van der Waals surface area contributed by atoms with Crippen LogP contribution in [-0.2, 0) is 0 Å². The van der Waals surface area contributed by atoms with Crippen LogP contribution in [0.5, 0.6) is 0 Å². The fourth-order valence-corrected chi connectivity index (χ4v) is 2.03. The number of hydrogen-bond donors (Lipinski definition) is 1. The average Bonchev–Trinajstić information content (AvgIpc) is 3.07. The van der Waals surface area contributed by atoms with Gasteiger partial charge in [0.1, 0.15) is 0 Å². The van der Waals surface area contributed by atoms with Gasteiger partial charge in [-0.2, -0.15) is 0 Å². The number of para-hydroxylation sites is 1. The standard InChI is InChI=1S/C14H17N3/c1-2-4-13(5-3-1)17-11-10-16-14(17)15-9-8-12-6-7-12/h1-5,10-12H,6-9H2,(H,15,16). The summed E-state index contributed by atoms with van der Waals surface area (Å²) in [6, 6.07) is 10.3. The van der Waals surface area contributed by atoms with Crippen molar-refractivity contribution in [3.63, 3.8) is 0 Å². The van der Waals surface area contributed by atoms with Crippen LogP contribution in [0.1, 0.15) is 19.3 Å². The fraction of sp³-hybridized carbons (Fsp3) is 0.357. The maximum absolute atomic E-state index is 4.36. The van der Waals surface area contributed by atoms with E-state index in [0.717, 1.165) is 24.1 Å². The second kappa shape index (κ2) is 4.62. The number of anilines is 1. The highest BCUT2D eigenvalue weighted by atomic mass is 15.2. The van der Waals surface area contributed by atoms with Gasteiger partial charge in [0, 0.05) is 24.6 Å². The van der Waals surface area contributed by atoms with E-state index in [4.69, 9.17) is 0 Å². The van der Waals surface area contributed by atoms with Gasteiger partial charge in [0.15, 0.2) is 0 Å². The zero-order valence-electron chi connectivity index (χ0n) is 9.84. The molecule has 0 saturated heterocycles. The SMILES string of the molecule is c1ccc(-n2ccnc2NCCC2CC2)cc1. The van der Waals surface area contributed by atoms with Crippen LogP contribution < -0.4 is 5.32 Å². The summed E-state index contributed by atoms with van der Waals surface area (Å²) in [5.41, 5.74) is 1.15. The number of benzene rings is 1. The van der Waals surface area contributed by atoms with Crippen LogP contribution in [0.15, 0.2) is 42.7 Å². The van der Waals surface area contributed by atoms with E-state index < -0.39 is 0 Å². The summed E-state index contributed by atoms with van der Waals surface area (Å²) >= 11 is 0. The third-order valence-corrected chi connectivity index (χ3v) is 3.21. The van der Waals surface area contributed by atoms with Gasteiger partial charge in [0.05, 0.1) is 0 Å². The van der Waals surface area contributed by atoms with Gasteiger partial charge >= 0.3 is 0 Å². The monoisotopic (exact) mass is 227 g/mol. The van der Waals surface area contributed by atoms with E-state index in [2.05, 4.69) is 27.0 Å². The van der Waals surface area contributed by atoms with E-state index >= 15 is 0 Å². The van der Waals surface area contributed by atoms with Gasteiger partial charge in [0.25, 0.3) is 0 Å². The van der Waals surface area contributed by atoms with Gasteiger partial charge in [0.2, 0.25) is 5.95 Å². The Bertz CT molecular complexity index is 471. The van der Waals surface area contributed by atoms with Crippen molar-refractivity contribution >= 4 is 5.95 Å². The molecule has 17 heavy (non-hydrogen) atoms. The first-order valence-corrected chi connectivity index (χ1v) is 6.26. The van der Waals surface area contributed by atoms with E-state index in [1.165, 1.54) is 19.3 Å². The van der Waals surface area contributed by atoms with Crippen molar-refractivity contribution in [1.82, 2.24) is 9.55 Å². The van der Waals surface area contributed by atoms with Crippen LogP contribution in [-0.4, -0.2) is 16.1 Å². The topological polar surface area (TPSA) is 29.9 Å². The Morgan fingerprint density at radius 1 is 1.24 bits per heavy atom. The molecule has 0 bridgehead atoms. The Morgan fingerprint density at radius 3 is 2.82 bits per heavy atom. The van der Waals surface area contributed by atoms with Gasteiger partial charge in [-0.1, -0.05) is 31.0 Å². The molecular weight excluding hydrogens is 210 g/mol. The highest BCUT2D eigenvalue weighted by molar-refractivity contribution is 5.41. The summed E-state index contributed by atoms with van der Waals surface area (Å²) in [5, 5.41) is 3.41. The van der Waals surface area contributed by atoms with Gasteiger partial charge < -0.3 is 5.32 Å². The summed E-state index contributed by atoms with van der Waals surface area (Å²) < 4.78 is 2.09. The van der Waals surface area contributed by atoms with Gasteiger partial charge in [-0.25, -0.2) is 4.98 Å². The highest BCUT2D eigenvalue weighted by Gasteiger charge is 2.20. The van der Waals surface area contributed by atoms with Crippen molar-refractivity contribution in [3.05, 3.63) is 42.7 Å². The van der Waals surface area contributed by atoms with Crippen LogP contribution >= 0.6 is 0 Å². The zero-order chi connectivity index (χ0) is 11.5. The number of rotatable bonds is 5. The molecule has 1 aromatic heterocycles. The third kappa shape index (κ3) is 2.49. The number of nitrogens with zero attached hydrogens (tertiary/aromatic N) is 2. The molecule has 3 nitrogen and oxygen atoms in total. The van der Waals surface area contributed by atoms with E-state index in [0.29, 0.717) is 0 Å². The lowest BCUT2D eigenvalue weighted by Crippen LogP contribution is -2.08. The van der Waals surface area contributed by atoms with Crippen molar-refractivity contribution in [2.45, 2.75) is 19.3 Å². The smallest absolute Gasteiger partial charge is 0.207 e. The Balaban J connectivity index is 1.70. The predicted molar refractivity (Wildman–Crippen MR) is 69.4 cm³/mol. The molecule has 0 atom stereocenters. The van der Waals surface area contributed by atoms with E-state index in [9.17, 15) is 0 Å². The minimum Gasteiger partial charge on any atom is -0.355 e. The quantitative estimate of drug-likeness (QED) is 0.850. The van der Waals surface area contributed by atoms with E-state index in [1.807, 2.05) is 30.6 Å². The molecule has 0 aliphatic heterocycles. The lowest BCUT2D eigenvalue weighted by atomic mass is 10.3. The van der Waals surface area contributed by atoms with E-state index in [-0.39, 0.29) is 0 Å². The summed E-state index contributed by atoms with van der Waals surface area (Å²) in [4.78, 5) is 4.36. The highest BCUT2D eigenvalue weighted by Crippen LogP contribution is 2.32. The summed E-state index contributed by atoms with van der Waals surface area (Å²) in [5.74, 6) is 1.90. The number of nitrogens with one attached hydrogen (secondary N) is 1. The van der Waals surface area contributed by atoms with Crippen LogP contribution in [0.4, 0.5) is 5.95 Å². The molecule has 1 aliphatic rings. The molecule has 1 N–H and O–H groups in total. The maximum atomic E-state index is 4.36. The molecule has 1 fully saturated rings. The zero-order valence-corrected chi connectivity index (χ0v) is 9.84. The molecule has 0 unspecified atom stereocenters. The Labute approximate surface area is 101 Å². The number of hydrogen-bond acceptors (Lipinski definition) is 2. The largest absolute Gasteiger partial charge is 0.355 e. The van der Waals surface area contributed by atoms with Crippen LogP contribution in [0, 0.1) is 5.92 Å². The van der Waals surface area contributed by atoms with Crippen molar-refractivity contribution in [2.75, 3.05) is 11.9 Å². The summed E-state index contributed by atoms with van der Waals surface area (Å²) in [6.07, 6.45) is 7.92. The molecule has 0 radical (unpaired) electrons. The summed E-state index contributed by atoms with van der Waals surface area (Å²) in [6.45, 7) is 1.02. The summed E-state index contributed by atoms with van der Waals surface area (Å²) in [7, 11) is 0. The molecule has 1 aromatic carbocycles. The molecule has 88 valence electrons. The third-order valence-electron chi connectivity index (χ3n) is 3.21. The van der Waals surface area contributed by atoms with E-state index in [1.54, 1.807) is 0 Å². The Kier molecular flexibility index (Phi) is 2.82. The first-order chi connectivity index (χ1) is 8.43. The molecular formula is C14H17N3. The molecule has 1 saturated carbocycles. The van der Waals surface area contributed by atoms with Crippen LogP contribution in [0.25, 0.3) is 5.69 Å². The Hall–Kier alpha value is -1.77. The second-order valence-electron chi connectivity index (χ2n) is 4.62. The fourth-order valence-electron chi connectivity index (χ4n) is 2.03. The van der Waals surface area contributed by atoms with Crippen molar-refractivity contribution in [1.29, 1.82) is 0 Å². The minimum absolute atomic E-state index is 0.942. The second-order valence-corrected chi connectivity index (χ2v) is 4.62. The molecule has 2 aromatic rings. The van der Waals surface area contributed by atoms with Gasteiger partial charge in [-0.3, -0.25) is 4.57 Å². The maximum Gasteiger partial charge on any atom is 0.207 e.